The van der Waals surface area contributed by atoms with Crippen molar-refractivity contribution in [3.63, 3.8) is 0 Å². The van der Waals surface area contributed by atoms with E-state index in [1.54, 1.807) is 0 Å². The summed E-state index contributed by atoms with van der Waals surface area (Å²) in [5.74, 6) is 0. The van der Waals surface area contributed by atoms with Crippen molar-refractivity contribution in [2.45, 2.75) is 171 Å². The monoisotopic (exact) mass is 650 g/mol. The molecule has 1 heterocycles. The zero-order valence-electron chi connectivity index (χ0n) is 34.4. The molecule has 3 heteroatoms. The molecule has 0 aliphatic carbocycles. The van der Waals surface area contributed by atoms with E-state index < -0.39 is 0 Å². The van der Waals surface area contributed by atoms with Crippen LogP contribution in [-0.2, 0) is 32.5 Å². The van der Waals surface area contributed by atoms with E-state index in [1.807, 2.05) is 0 Å². The van der Waals surface area contributed by atoms with Crippen LogP contribution in [0.25, 0.3) is 0 Å². The van der Waals surface area contributed by atoms with Crippen LogP contribution in [0.4, 0.5) is 11.4 Å². The number of aromatic nitrogens is 1. The maximum Gasteiger partial charge on any atom is 0.0849 e. The summed E-state index contributed by atoms with van der Waals surface area (Å²) in [6.45, 7) is 45.5. The molecule has 0 amide bonds. The van der Waals surface area contributed by atoms with Crippen molar-refractivity contribution in [1.29, 1.82) is 0 Å². The van der Waals surface area contributed by atoms with Gasteiger partial charge in [-0.15, -0.1) is 0 Å². The highest BCUT2D eigenvalue weighted by molar-refractivity contribution is 6.02. The molecule has 0 aliphatic heterocycles. The molecule has 0 N–H and O–H groups in total. The second kappa shape index (κ2) is 13.0. The second-order valence-electron chi connectivity index (χ2n) is 20.1. The minimum absolute atomic E-state index is 0.0385. The first-order valence-corrected chi connectivity index (χ1v) is 17.9. The molecule has 48 heavy (non-hydrogen) atoms. The molecular weight excluding hydrogens is 583 g/mol. The van der Waals surface area contributed by atoms with Crippen LogP contribution in [0, 0.1) is 0 Å². The molecule has 0 fully saturated rings. The Morgan fingerprint density at radius 2 is 0.667 bits per heavy atom. The fraction of sp³-hybridized carbons (Fsp3) is 0.578. The van der Waals surface area contributed by atoms with Gasteiger partial charge in [0.15, 0.2) is 0 Å². The average Bonchev–Trinajstić information content (AvgIpc) is 2.89. The average molecular weight is 650 g/mol. The Hall–Kier alpha value is -3.07. The smallest absolute Gasteiger partial charge is 0.0849 e. The summed E-state index contributed by atoms with van der Waals surface area (Å²) in [5.41, 5.74) is 13.3. The second-order valence-corrected chi connectivity index (χ2v) is 20.1. The molecule has 0 bridgehead atoms. The Labute approximate surface area is 295 Å². The molecule has 0 saturated heterocycles. The number of hydrogen-bond acceptors (Lipinski definition) is 3. The third kappa shape index (κ3) is 9.13. The Morgan fingerprint density at radius 3 is 0.875 bits per heavy atom. The number of pyridine rings is 1. The quantitative estimate of drug-likeness (QED) is 0.259. The summed E-state index contributed by atoms with van der Waals surface area (Å²) in [7, 11) is 0. The molecule has 3 nitrogen and oxygen atoms in total. The minimum Gasteiger partial charge on any atom is -0.251 e. The van der Waals surface area contributed by atoms with Crippen LogP contribution in [0.5, 0.6) is 0 Å². The van der Waals surface area contributed by atoms with Crippen LogP contribution >= 0.6 is 0 Å². The van der Waals surface area contributed by atoms with Gasteiger partial charge in [0.1, 0.15) is 0 Å². The Balaban J connectivity index is 2.29. The molecular formula is C45H67N3. The largest absolute Gasteiger partial charge is 0.251 e. The lowest BCUT2D eigenvalue weighted by atomic mass is 9.74. The molecule has 3 rings (SSSR count). The maximum absolute atomic E-state index is 5.41. The van der Waals surface area contributed by atoms with Crippen molar-refractivity contribution in [2.75, 3.05) is 0 Å². The third-order valence-electron chi connectivity index (χ3n) is 9.23. The van der Waals surface area contributed by atoms with Crippen LogP contribution in [0.1, 0.15) is 183 Å². The van der Waals surface area contributed by atoms with Crippen molar-refractivity contribution in [1.82, 2.24) is 4.98 Å². The number of benzene rings is 2. The molecule has 0 spiro atoms. The summed E-state index contributed by atoms with van der Waals surface area (Å²) in [6, 6.07) is 15.8. The molecule has 0 saturated carbocycles. The zero-order valence-corrected chi connectivity index (χ0v) is 34.4. The van der Waals surface area contributed by atoms with Gasteiger partial charge in [-0.25, -0.2) is 4.98 Å². The van der Waals surface area contributed by atoms with Gasteiger partial charge in [-0.1, -0.05) is 155 Å². The van der Waals surface area contributed by atoms with Crippen molar-refractivity contribution in [2.24, 2.45) is 9.98 Å². The minimum atomic E-state index is -0.0725. The van der Waals surface area contributed by atoms with E-state index in [0.717, 1.165) is 34.2 Å². The van der Waals surface area contributed by atoms with Gasteiger partial charge in [0.25, 0.3) is 0 Å². The van der Waals surface area contributed by atoms with Crippen molar-refractivity contribution in [3.05, 3.63) is 87.2 Å². The van der Waals surface area contributed by atoms with Gasteiger partial charge in [-0.2, -0.15) is 0 Å². The van der Waals surface area contributed by atoms with Gasteiger partial charge >= 0.3 is 0 Å². The fourth-order valence-corrected chi connectivity index (χ4v) is 5.95. The highest BCUT2D eigenvalue weighted by Crippen LogP contribution is 2.45. The molecule has 2 aromatic carbocycles. The number of nitrogens with zero attached hydrogens (tertiary/aromatic N) is 3. The lowest BCUT2D eigenvalue weighted by Gasteiger charge is -2.32. The summed E-state index contributed by atoms with van der Waals surface area (Å²) < 4.78 is 0. The molecule has 1 aromatic heterocycles. The van der Waals surface area contributed by atoms with Crippen LogP contribution in [0.2, 0.25) is 0 Å². The van der Waals surface area contributed by atoms with E-state index in [-0.39, 0.29) is 32.5 Å². The lowest BCUT2D eigenvalue weighted by molar-refractivity contribution is 0.549. The summed E-state index contributed by atoms with van der Waals surface area (Å²) in [5, 5.41) is 0. The third-order valence-corrected chi connectivity index (χ3v) is 9.23. The van der Waals surface area contributed by atoms with Gasteiger partial charge in [-0.3, -0.25) is 9.98 Å². The van der Waals surface area contributed by atoms with E-state index in [2.05, 4.69) is 181 Å². The predicted molar refractivity (Wildman–Crippen MR) is 213 cm³/mol. The Bertz CT molecular complexity index is 1510. The highest BCUT2D eigenvalue weighted by Gasteiger charge is 2.31. The topological polar surface area (TPSA) is 37.6 Å². The van der Waals surface area contributed by atoms with Gasteiger partial charge in [0.05, 0.1) is 34.2 Å². The van der Waals surface area contributed by atoms with E-state index in [0.29, 0.717) is 0 Å². The number of hydrogen-bond donors (Lipinski definition) is 0. The predicted octanol–water partition coefficient (Wildman–Crippen LogP) is 13.1. The maximum atomic E-state index is 5.41. The first kappa shape index (κ1) is 39.4. The van der Waals surface area contributed by atoms with Crippen molar-refractivity contribution in [3.8, 4) is 0 Å². The van der Waals surface area contributed by atoms with E-state index in [9.17, 15) is 0 Å². The summed E-state index contributed by atoms with van der Waals surface area (Å²) >= 11 is 0. The first-order chi connectivity index (χ1) is 21.4. The molecule has 0 aliphatic rings. The standard InChI is InChI=1S/C45H67N3/c1-28(46-38-32(42(9,10)11)24-30(40(3,4)5)25-33(38)43(12,13)14)36-22-21-23-37(48-36)29(2)47-39-34(44(15,16)17)26-31(41(6,7)8)27-35(39)45(18,19)20/h21-27H,1-20H3. The molecule has 262 valence electrons. The van der Waals surface area contributed by atoms with E-state index in [1.165, 1.54) is 33.4 Å². The van der Waals surface area contributed by atoms with E-state index in [4.69, 9.17) is 15.0 Å². The van der Waals surface area contributed by atoms with Gasteiger partial charge in [0, 0.05) is 0 Å². The van der Waals surface area contributed by atoms with Crippen molar-refractivity contribution >= 4 is 22.8 Å². The highest BCUT2D eigenvalue weighted by atomic mass is 14.8. The molecule has 0 radical (unpaired) electrons. The fourth-order valence-electron chi connectivity index (χ4n) is 5.95. The number of aliphatic imine (C=N–C) groups is 2. The van der Waals surface area contributed by atoms with Crippen LogP contribution in [0.3, 0.4) is 0 Å². The van der Waals surface area contributed by atoms with Crippen molar-refractivity contribution < 1.29 is 0 Å². The van der Waals surface area contributed by atoms with E-state index >= 15 is 0 Å². The number of rotatable bonds is 4. The van der Waals surface area contributed by atoms with Gasteiger partial charge < -0.3 is 0 Å². The Morgan fingerprint density at radius 1 is 0.417 bits per heavy atom. The lowest BCUT2D eigenvalue weighted by Crippen LogP contribution is -2.21. The van der Waals surface area contributed by atoms with Gasteiger partial charge in [-0.05, 0) is 91.9 Å². The van der Waals surface area contributed by atoms with Crippen LogP contribution in [-0.4, -0.2) is 16.4 Å². The molecule has 3 aromatic rings. The Kier molecular flexibility index (Phi) is 10.7. The normalized spacial score (nSPS) is 14.5. The van der Waals surface area contributed by atoms with Crippen LogP contribution in [0.15, 0.2) is 52.4 Å². The van der Waals surface area contributed by atoms with Crippen LogP contribution < -0.4 is 0 Å². The first-order valence-electron chi connectivity index (χ1n) is 17.9. The zero-order chi connectivity index (χ0) is 37.0. The summed E-state index contributed by atoms with van der Waals surface area (Å²) in [6.07, 6.45) is 0. The molecule has 0 unspecified atom stereocenters. The summed E-state index contributed by atoms with van der Waals surface area (Å²) in [4.78, 5) is 16.0. The van der Waals surface area contributed by atoms with Gasteiger partial charge in [0.2, 0.25) is 0 Å². The SMILES string of the molecule is CC(=Nc1c(C(C)(C)C)cc(C(C)(C)C)cc1C(C)(C)C)c1cccc(C(C)=Nc2c(C(C)(C)C)cc(C(C)(C)C)cc2C(C)(C)C)n1. The molecule has 0 atom stereocenters.